The van der Waals surface area contributed by atoms with E-state index in [-0.39, 0.29) is 17.7 Å². The number of carbonyl (C=O) groups is 3. The molecule has 1 aromatic carbocycles. The molecule has 2 bridgehead atoms. The highest BCUT2D eigenvalue weighted by molar-refractivity contribution is 6.03. The molecule has 31 heavy (non-hydrogen) atoms. The number of amides is 3. The minimum atomic E-state index is -0.781. The first kappa shape index (κ1) is 19.4. The lowest BCUT2D eigenvalue weighted by Crippen LogP contribution is -2.43. The summed E-state index contributed by atoms with van der Waals surface area (Å²) in [5, 5.41) is 5.66. The Kier molecular flexibility index (Phi) is 4.59. The van der Waals surface area contributed by atoms with Crippen molar-refractivity contribution in [3.05, 3.63) is 66.5 Å². The van der Waals surface area contributed by atoms with E-state index in [1.165, 1.54) is 6.92 Å². The predicted molar refractivity (Wildman–Crippen MR) is 113 cm³/mol. The van der Waals surface area contributed by atoms with Crippen LogP contribution in [0, 0.1) is 11.8 Å². The zero-order valence-corrected chi connectivity index (χ0v) is 16.9. The van der Waals surface area contributed by atoms with Gasteiger partial charge in [0.1, 0.15) is 5.60 Å². The Labute approximate surface area is 179 Å². The number of hydrogen-bond acceptors (Lipinski definition) is 5. The molecule has 3 aliphatic heterocycles. The van der Waals surface area contributed by atoms with Crippen LogP contribution in [-0.2, 0) is 25.7 Å². The van der Waals surface area contributed by atoms with Crippen LogP contribution in [0.5, 0.6) is 0 Å². The maximum absolute atomic E-state index is 13.4. The van der Waals surface area contributed by atoms with Crippen LogP contribution in [-0.4, -0.2) is 41.0 Å². The number of ether oxygens (including phenoxy) is 1. The number of benzene rings is 1. The van der Waals surface area contributed by atoms with Gasteiger partial charge in [-0.05, 0) is 42.0 Å². The van der Waals surface area contributed by atoms with E-state index in [4.69, 9.17) is 4.74 Å². The Bertz CT molecular complexity index is 1070. The SMILES string of the molecule is CC(=O)Nc1ccc(N2CC34C=C[C@@H](O3)C(C(=O)NCc3ccncc3)C4C2=O)cc1. The van der Waals surface area contributed by atoms with Gasteiger partial charge >= 0.3 is 0 Å². The summed E-state index contributed by atoms with van der Waals surface area (Å²) in [7, 11) is 0. The second-order valence-electron chi connectivity index (χ2n) is 8.13. The normalized spacial score (nSPS) is 28.0. The number of aromatic nitrogens is 1. The molecule has 2 N–H and O–H groups in total. The predicted octanol–water partition coefficient (Wildman–Crippen LogP) is 1.64. The molecule has 3 unspecified atom stereocenters. The van der Waals surface area contributed by atoms with Crippen LogP contribution in [0.4, 0.5) is 11.4 Å². The van der Waals surface area contributed by atoms with E-state index in [0.29, 0.717) is 24.5 Å². The maximum Gasteiger partial charge on any atom is 0.234 e. The van der Waals surface area contributed by atoms with E-state index in [9.17, 15) is 14.4 Å². The van der Waals surface area contributed by atoms with E-state index < -0.39 is 23.5 Å². The summed E-state index contributed by atoms with van der Waals surface area (Å²) in [5.74, 6) is -1.59. The van der Waals surface area contributed by atoms with Crippen LogP contribution >= 0.6 is 0 Å². The number of nitrogens with zero attached hydrogens (tertiary/aromatic N) is 2. The number of carbonyl (C=O) groups excluding carboxylic acids is 3. The zero-order valence-electron chi connectivity index (χ0n) is 16.9. The monoisotopic (exact) mass is 418 g/mol. The van der Waals surface area contributed by atoms with Crippen molar-refractivity contribution in [1.29, 1.82) is 0 Å². The molecule has 4 atom stereocenters. The third kappa shape index (κ3) is 3.29. The van der Waals surface area contributed by atoms with E-state index in [0.717, 1.165) is 5.56 Å². The number of pyridine rings is 1. The van der Waals surface area contributed by atoms with Gasteiger partial charge in [-0.25, -0.2) is 0 Å². The molecular formula is C23H22N4O4. The Hall–Kier alpha value is -3.52. The van der Waals surface area contributed by atoms with Gasteiger partial charge in [-0.1, -0.05) is 12.2 Å². The van der Waals surface area contributed by atoms with Crippen LogP contribution in [0.2, 0.25) is 0 Å². The third-order valence-electron chi connectivity index (χ3n) is 6.12. The Morgan fingerprint density at radius 3 is 2.65 bits per heavy atom. The fraction of sp³-hybridized carbons (Fsp3) is 0.304. The van der Waals surface area contributed by atoms with Crippen LogP contribution in [0.15, 0.2) is 60.9 Å². The molecule has 5 rings (SSSR count). The molecule has 8 nitrogen and oxygen atoms in total. The molecule has 0 saturated carbocycles. The van der Waals surface area contributed by atoms with E-state index in [1.54, 1.807) is 41.6 Å². The van der Waals surface area contributed by atoms with Gasteiger partial charge in [0, 0.05) is 37.2 Å². The van der Waals surface area contributed by atoms with Crippen LogP contribution in [0.1, 0.15) is 12.5 Å². The number of hydrogen-bond donors (Lipinski definition) is 2. The summed E-state index contributed by atoms with van der Waals surface area (Å²) in [6, 6.07) is 10.8. The van der Waals surface area contributed by atoms with Gasteiger partial charge in [0.05, 0.1) is 24.5 Å². The first-order chi connectivity index (χ1) is 15.0. The molecule has 2 fully saturated rings. The highest BCUT2D eigenvalue weighted by Crippen LogP contribution is 2.52. The Balaban J connectivity index is 1.34. The van der Waals surface area contributed by atoms with Crippen LogP contribution in [0.3, 0.4) is 0 Å². The molecule has 2 aromatic rings. The van der Waals surface area contributed by atoms with Gasteiger partial charge in [-0.15, -0.1) is 0 Å². The first-order valence-corrected chi connectivity index (χ1v) is 10.2. The fourth-order valence-electron chi connectivity index (χ4n) is 4.75. The number of anilines is 2. The molecule has 158 valence electrons. The largest absolute Gasteiger partial charge is 0.360 e. The molecule has 1 spiro atoms. The number of nitrogens with one attached hydrogen (secondary N) is 2. The average molecular weight is 418 g/mol. The molecule has 3 aliphatic rings. The number of rotatable bonds is 5. The highest BCUT2D eigenvalue weighted by atomic mass is 16.5. The summed E-state index contributed by atoms with van der Waals surface area (Å²) in [6.07, 6.45) is 6.78. The molecule has 0 radical (unpaired) electrons. The van der Waals surface area contributed by atoms with Gasteiger partial charge in [-0.2, -0.15) is 0 Å². The standard InChI is InChI=1S/C23H22N4O4/c1-14(28)26-16-2-4-17(5-3-16)27-13-23-9-6-18(31-23)19(20(23)22(27)30)21(29)25-12-15-7-10-24-11-8-15/h2-11,18-20H,12-13H2,1H3,(H,25,29)(H,26,28)/t18-,19?,20?,23?/m1/s1. The summed E-state index contributed by atoms with van der Waals surface area (Å²) >= 11 is 0. The van der Waals surface area contributed by atoms with Gasteiger partial charge in [0.15, 0.2) is 0 Å². The molecule has 4 heterocycles. The number of fused-ring (bicyclic) bond motifs is 1. The van der Waals surface area contributed by atoms with E-state index in [2.05, 4.69) is 15.6 Å². The van der Waals surface area contributed by atoms with Crippen molar-refractivity contribution >= 4 is 29.1 Å². The highest BCUT2D eigenvalue weighted by Gasteiger charge is 2.67. The van der Waals surface area contributed by atoms with Gasteiger partial charge in [0.2, 0.25) is 17.7 Å². The lowest BCUT2D eigenvalue weighted by Gasteiger charge is -2.23. The van der Waals surface area contributed by atoms with Crippen molar-refractivity contribution in [3.8, 4) is 0 Å². The van der Waals surface area contributed by atoms with Gasteiger partial charge in [0.25, 0.3) is 0 Å². The third-order valence-corrected chi connectivity index (χ3v) is 6.12. The van der Waals surface area contributed by atoms with Crippen molar-refractivity contribution in [2.75, 3.05) is 16.8 Å². The van der Waals surface area contributed by atoms with Gasteiger partial charge < -0.3 is 20.3 Å². The van der Waals surface area contributed by atoms with Crippen molar-refractivity contribution in [1.82, 2.24) is 10.3 Å². The zero-order chi connectivity index (χ0) is 21.6. The molecular weight excluding hydrogens is 396 g/mol. The summed E-state index contributed by atoms with van der Waals surface area (Å²) in [5.41, 5.74) is 1.53. The molecule has 1 aromatic heterocycles. The average Bonchev–Trinajstić information content (AvgIpc) is 3.41. The summed E-state index contributed by atoms with van der Waals surface area (Å²) in [4.78, 5) is 43.3. The molecule has 2 saturated heterocycles. The maximum atomic E-state index is 13.4. The Morgan fingerprint density at radius 1 is 1.19 bits per heavy atom. The summed E-state index contributed by atoms with van der Waals surface area (Å²) in [6.45, 7) is 2.17. The minimum Gasteiger partial charge on any atom is -0.360 e. The second kappa shape index (κ2) is 7.31. The molecule has 3 amide bonds. The lowest BCUT2D eigenvalue weighted by atomic mass is 9.77. The van der Waals surface area contributed by atoms with Crippen LogP contribution in [0.25, 0.3) is 0 Å². The molecule has 0 aliphatic carbocycles. The van der Waals surface area contributed by atoms with Crippen molar-refractivity contribution in [3.63, 3.8) is 0 Å². The topological polar surface area (TPSA) is 101 Å². The smallest absolute Gasteiger partial charge is 0.234 e. The Morgan fingerprint density at radius 2 is 1.94 bits per heavy atom. The van der Waals surface area contributed by atoms with Crippen molar-refractivity contribution < 1.29 is 19.1 Å². The van der Waals surface area contributed by atoms with Crippen LogP contribution < -0.4 is 15.5 Å². The second-order valence-corrected chi connectivity index (χ2v) is 8.13. The lowest BCUT2D eigenvalue weighted by molar-refractivity contribution is -0.132. The minimum absolute atomic E-state index is 0.122. The quantitative estimate of drug-likeness (QED) is 0.719. The molecule has 8 heteroatoms. The van der Waals surface area contributed by atoms with E-state index in [1.807, 2.05) is 24.3 Å². The first-order valence-electron chi connectivity index (χ1n) is 10.2. The summed E-state index contributed by atoms with van der Waals surface area (Å²) < 4.78 is 6.17. The van der Waals surface area contributed by atoms with Crippen molar-refractivity contribution in [2.24, 2.45) is 11.8 Å². The van der Waals surface area contributed by atoms with Gasteiger partial charge in [-0.3, -0.25) is 19.4 Å². The fourth-order valence-corrected chi connectivity index (χ4v) is 4.75. The van der Waals surface area contributed by atoms with E-state index >= 15 is 0 Å². The van der Waals surface area contributed by atoms with Crippen molar-refractivity contribution in [2.45, 2.75) is 25.2 Å².